The maximum Gasteiger partial charge on any atom is 0.124 e. The first-order valence-corrected chi connectivity index (χ1v) is 7.89. The molecule has 118 valence electrons. The van der Waals surface area contributed by atoms with Gasteiger partial charge in [0.15, 0.2) is 0 Å². The van der Waals surface area contributed by atoms with Gasteiger partial charge in [-0.25, -0.2) is 0 Å². The standard InChI is InChI=1S/C16H25ClN2O2/c1-10-8-13(17)12(3)14(15(10)20)16(21)11(2)9-19-6-4-18-5-7-19/h8,11,16,18,20-21H,4-7,9H2,1-3H3. The Bertz CT molecular complexity index is 475. The van der Waals surface area contributed by atoms with Crippen LogP contribution >= 0.6 is 11.6 Å². The molecule has 0 radical (unpaired) electrons. The van der Waals surface area contributed by atoms with Crippen molar-refractivity contribution in [2.45, 2.75) is 26.9 Å². The summed E-state index contributed by atoms with van der Waals surface area (Å²) in [5, 5.41) is 24.9. The number of aliphatic hydroxyl groups is 1. The van der Waals surface area contributed by atoms with Gasteiger partial charge in [0.25, 0.3) is 0 Å². The van der Waals surface area contributed by atoms with E-state index >= 15 is 0 Å². The lowest BCUT2D eigenvalue weighted by Gasteiger charge is -2.32. The van der Waals surface area contributed by atoms with Gasteiger partial charge in [0.1, 0.15) is 5.75 Å². The van der Waals surface area contributed by atoms with Gasteiger partial charge in [0.2, 0.25) is 0 Å². The highest BCUT2D eigenvalue weighted by Crippen LogP contribution is 2.38. The number of nitrogens with one attached hydrogen (secondary N) is 1. The van der Waals surface area contributed by atoms with Crippen molar-refractivity contribution >= 4 is 11.6 Å². The number of halogens is 1. The number of phenolic OH excluding ortho intramolecular Hbond substituents is 1. The Balaban J connectivity index is 2.17. The molecule has 1 aliphatic heterocycles. The van der Waals surface area contributed by atoms with Gasteiger partial charge in [-0.05, 0) is 37.0 Å². The minimum Gasteiger partial charge on any atom is -0.507 e. The van der Waals surface area contributed by atoms with Gasteiger partial charge in [-0.15, -0.1) is 0 Å². The second-order valence-corrected chi connectivity index (χ2v) is 6.44. The number of hydrogen-bond donors (Lipinski definition) is 3. The van der Waals surface area contributed by atoms with Crippen LogP contribution in [0.5, 0.6) is 5.75 Å². The summed E-state index contributed by atoms with van der Waals surface area (Å²) in [6, 6.07) is 1.74. The number of aromatic hydroxyl groups is 1. The van der Waals surface area contributed by atoms with E-state index in [1.807, 2.05) is 13.8 Å². The molecule has 0 amide bonds. The molecule has 2 atom stereocenters. The highest BCUT2D eigenvalue weighted by Gasteiger charge is 2.26. The summed E-state index contributed by atoms with van der Waals surface area (Å²) in [5.41, 5.74) is 2.04. The van der Waals surface area contributed by atoms with Crippen LogP contribution in [-0.4, -0.2) is 47.8 Å². The van der Waals surface area contributed by atoms with Crippen molar-refractivity contribution in [3.05, 3.63) is 27.8 Å². The minimum atomic E-state index is -0.711. The van der Waals surface area contributed by atoms with Crippen LogP contribution < -0.4 is 5.32 Å². The van der Waals surface area contributed by atoms with Crippen molar-refractivity contribution < 1.29 is 10.2 Å². The molecular formula is C16H25ClN2O2. The Hall–Kier alpha value is -0.810. The summed E-state index contributed by atoms with van der Waals surface area (Å²) >= 11 is 6.19. The van der Waals surface area contributed by atoms with Crippen LogP contribution in [0.1, 0.15) is 29.7 Å². The molecule has 4 nitrogen and oxygen atoms in total. The van der Waals surface area contributed by atoms with E-state index in [0.29, 0.717) is 16.1 Å². The van der Waals surface area contributed by atoms with E-state index in [1.165, 1.54) is 0 Å². The van der Waals surface area contributed by atoms with E-state index in [0.717, 1.165) is 38.3 Å². The number of nitrogens with zero attached hydrogens (tertiary/aromatic N) is 1. The van der Waals surface area contributed by atoms with Crippen LogP contribution in [0.4, 0.5) is 0 Å². The van der Waals surface area contributed by atoms with Crippen LogP contribution in [0.3, 0.4) is 0 Å². The lowest BCUT2D eigenvalue weighted by Crippen LogP contribution is -2.45. The molecule has 1 aromatic carbocycles. The van der Waals surface area contributed by atoms with Crippen molar-refractivity contribution in [1.82, 2.24) is 10.2 Å². The first-order valence-electron chi connectivity index (χ1n) is 7.51. The Morgan fingerprint density at radius 2 is 1.95 bits per heavy atom. The van der Waals surface area contributed by atoms with Gasteiger partial charge in [-0.2, -0.15) is 0 Å². The lowest BCUT2D eigenvalue weighted by atomic mass is 9.91. The lowest BCUT2D eigenvalue weighted by molar-refractivity contribution is 0.0817. The Morgan fingerprint density at radius 1 is 1.33 bits per heavy atom. The number of benzene rings is 1. The third-order valence-electron chi connectivity index (χ3n) is 4.32. The first-order chi connectivity index (χ1) is 9.91. The molecule has 2 unspecified atom stereocenters. The number of piperazine rings is 1. The van der Waals surface area contributed by atoms with Crippen molar-refractivity contribution in [3.8, 4) is 5.75 Å². The van der Waals surface area contributed by atoms with Crippen molar-refractivity contribution in [2.24, 2.45) is 5.92 Å². The fraction of sp³-hybridized carbons (Fsp3) is 0.625. The summed E-state index contributed by atoms with van der Waals surface area (Å²) in [4.78, 5) is 2.34. The van der Waals surface area contributed by atoms with E-state index in [-0.39, 0.29) is 11.7 Å². The Morgan fingerprint density at radius 3 is 2.57 bits per heavy atom. The van der Waals surface area contributed by atoms with E-state index in [9.17, 15) is 10.2 Å². The third-order valence-corrected chi connectivity index (χ3v) is 4.72. The molecule has 5 heteroatoms. The Kier molecular flexibility index (Phi) is 5.49. The first kappa shape index (κ1) is 16.6. The SMILES string of the molecule is Cc1cc(Cl)c(C)c(C(O)C(C)CN2CCNCC2)c1O. The van der Waals surface area contributed by atoms with E-state index < -0.39 is 6.10 Å². The highest BCUT2D eigenvalue weighted by atomic mass is 35.5. The normalized spacial score (nSPS) is 19.5. The molecule has 21 heavy (non-hydrogen) atoms. The molecule has 1 heterocycles. The fourth-order valence-corrected chi connectivity index (χ4v) is 3.20. The molecule has 3 N–H and O–H groups in total. The third kappa shape index (κ3) is 3.69. The van der Waals surface area contributed by atoms with E-state index in [2.05, 4.69) is 10.2 Å². The number of aryl methyl sites for hydroxylation is 1. The van der Waals surface area contributed by atoms with Crippen molar-refractivity contribution in [2.75, 3.05) is 32.7 Å². The van der Waals surface area contributed by atoms with Crippen LogP contribution in [0, 0.1) is 19.8 Å². The van der Waals surface area contributed by atoms with Crippen LogP contribution in [0.25, 0.3) is 0 Å². The molecule has 1 fully saturated rings. The predicted molar refractivity (Wildman–Crippen MR) is 86.0 cm³/mol. The summed E-state index contributed by atoms with van der Waals surface area (Å²) in [6.45, 7) is 10.4. The maximum atomic E-state index is 10.7. The fourth-order valence-electron chi connectivity index (χ4n) is 2.93. The quantitative estimate of drug-likeness (QED) is 0.798. The molecule has 1 aromatic rings. The number of aliphatic hydroxyl groups excluding tert-OH is 1. The van der Waals surface area contributed by atoms with Crippen molar-refractivity contribution in [1.29, 1.82) is 0 Å². The van der Waals surface area contributed by atoms with Crippen LogP contribution in [0.2, 0.25) is 5.02 Å². The van der Waals surface area contributed by atoms with Gasteiger partial charge in [-0.1, -0.05) is 18.5 Å². The largest absolute Gasteiger partial charge is 0.507 e. The molecule has 1 aliphatic rings. The summed E-state index contributed by atoms with van der Waals surface area (Å²) < 4.78 is 0. The van der Waals surface area contributed by atoms with E-state index in [1.54, 1.807) is 13.0 Å². The van der Waals surface area contributed by atoms with Crippen molar-refractivity contribution in [3.63, 3.8) is 0 Å². The second-order valence-electron chi connectivity index (χ2n) is 6.04. The Labute approximate surface area is 131 Å². The summed E-state index contributed by atoms with van der Waals surface area (Å²) in [7, 11) is 0. The molecule has 0 saturated carbocycles. The van der Waals surface area contributed by atoms with Gasteiger partial charge >= 0.3 is 0 Å². The van der Waals surface area contributed by atoms with Gasteiger partial charge in [0, 0.05) is 43.3 Å². The molecule has 0 spiro atoms. The van der Waals surface area contributed by atoms with E-state index in [4.69, 9.17) is 11.6 Å². The zero-order chi connectivity index (χ0) is 15.6. The maximum absolute atomic E-state index is 10.7. The zero-order valence-electron chi connectivity index (χ0n) is 13.0. The highest BCUT2D eigenvalue weighted by molar-refractivity contribution is 6.31. The molecule has 0 aromatic heterocycles. The van der Waals surface area contributed by atoms with Gasteiger partial charge < -0.3 is 20.4 Å². The monoisotopic (exact) mass is 312 g/mol. The minimum absolute atomic E-state index is 0.0329. The average molecular weight is 313 g/mol. The topological polar surface area (TPSA) is 55.7 Å². The predicted octanol–water partition coefficient (Wildman–Crippen LogP) is 2.24. The average Bonchev–Trinajstić information content (AvgIpc) is 2.46. The summed E-state index contributed by atoms with van der Waals surface area (Å²) in [5.74, 6) is 0.196. The molecular weight excluding hydrogens is 288 g/mol. The molecule has 0 bridgehead atoms. The number of phenols is 1. The number of hydrogen-bond acceptors (Lipinski definition) is 4. The second kappa shape index (κ2) is 6.97. The van der Waals surface area contributed by atoms with Gasteiger partial charge in [-0.3, -0.25) is 0 Å². The summed E-state index contributed by atoms with van der Waals surface area (Å²) in [6.07, 6.45) is -0.711. The van der Waals surface area contributed by atoms with Crippen LogP contribution in [-0.2, 0) is 0 Å². The molecule has 1 saturated heterocycles. The van der Waals surface area contributed by atoms with Gasteiger partial charge in [0.05, 0.1) is 6.10 Å². The molecule has 2 rings (SSSR count). The molecule has 0 aliphatic carbocycles. The number of rotatable bonds is 4. The smallest absolute Gasteiger partial charge is 0.124 e. The zero-order valence-corrected chi connectivity index (χ0v) is 13.7. The van der Waals surface area contributed by atoms with Crippen LogP contribution in [0.15, 0.2) is 6.07 Å².